The number of hydrogen-bond donors (Lipinski definition) is 2. The Morgan fingerprint density at radius 1 is 1.13 bits per heavy atom. The molecule has 0 saturated heterocycles. The molecule has 11 nitrogen and oxygen atoms in total. The van der Waals surface area contributed by atoms with Crippen molar-refractivity contribution in [3.63, 3.8) is 0 Å². The topological polar surface area (TPSA) is 130 Å². The highest BCUT2D eigenvalue weighted by Gasteiger charge is 2.33. The fourth-order valence-corrected chi connectivity index (χ4v) is 5.43. The zero-order valence-corrected chi connectivity index (χ0v) is 21.3. The zero-order valence-electron chi connectivity index (χ0n) is 20.5. The molecule has 0 saturated carbocycles. The van der Waals surface area contributed by atoms with Crippen LogP contribution in [0.25, 0.3) is 10.2 Å². The summed E-state index contributed by atoms with van der Waals surface area (Å²) in [6.45, 7) is 4.35. The Kier molecular flexibility index (Phi) is 6.21. The van der Waals surface area contributed by atoms with E-state index in [9.17, 15) is 14.4 Å². The zero-order chi connectivity index (χ0) is 26.9. The molecule has 2 N–H and O–H groups in total. The van der Waals surface area contributed by atoms with Gasteiger partial charge in [-0.05, 0) is 30.7 Å². The van der Waals surface area contributed by atoms with E-state index in [-0.39, 0.29) is 24.1 Å². The Labute approximate surface area is 226 Å². The minimum absolute atomic E-state index is 0.198. The van der Waals surface area contributed by atoms with Crippen molar-refractivity contribution in [1.82, 2.24) is 25.2 Å². The van der Waals surface area contributed by atoms with Crippen LogP contribution >= 0.6 is 11.3 Å². The van der Waals surface area contributed by atoms with Crippen LogP contribution in [-0.4, -0.2) is 50.8 Å². The third-order valence-electron chi connectivity index (χ3n) is 6.17. The van der Waals surface area contributed by atoms with Crippen LogP contribution in [0.1, 0.15) is 16.1 Å². The number of anilines is 3. The first-order valence-electron chi connectivity index (χ1n) is 12.0. The van der Waals surface area contributed by atoms with Gasteiger partial charge >= 0.3 is 6.03 Å². The molecule has 6 rings (SSSR count). The molecule has 2 aliphatic heterocycles. The Balaban J connectivity index is 1.28. The van der Waals surface area contributed by atoms with Crippen molar-refractivity contribution >= 4 is 56.6 Å². The van der Waals surface area contributed by atoms with Gasteiger partial charge in [-0.15, -0.1) is 11.3 Å². The van der Waals surface area contributed by atoms with E-state index in [0.717, 1.165) is 0 Å². The van der Waals surface area contributed by atoms with Crippen LogP contribution in [0.5, 0.6) is 11.6 Å². The van der Waals surface area contributed by atoms with Crippen molar-refractivity contribution in [2.75, 3.05) is 23.3 Å². The Bertz CT molecular complexity index is 1650. The van der Waals surface area contributed by atoms with Gasteiger partial charge < -0.3 is 20.3 Å². The lowest BCUT2D eigenvalue weighted by molar-refractivity contribution is -0.125. The van der Waals surface area contributed by atoms with Crippen molar-refractivity contribution in [1.29, 1.82) is 0 Å². The monoisotopic (exact) mass is 539 g/mol. The first kappa shape index (κ1) is 24.2. The van der Waals surface area contributed by atoms with Crippen molar-refractivity contribution < 1.29 is 19.1 Å². The molecule has 194 valence electrons. The van der Waals surface area contributed by atoms with Crippen LogP contribution in [0.4, 0.5) is 22.0 Å². The number of nitrogens with zero attached hydrogens (tertiary/aromatic N) is 5. The van der Waals surface area contributed by atoms with Gasteiger partial charge in [-0.1, -0.05) is 30.9 Å². The smallest absolute Gasteiger partial charge is 0.332 e. The maximum atomic E-state index is 13.3. The van der Waals surface area contributed by atoms with E-state index in [1.165, 1.54) is 34.7 Å². The number of para-hydroxylation sites is 1. The number of aromatic nitrogens is 3. The predicted molar refractivity (Wildman–Crippen MR) is 146 cm³/mol. The molecule has 1 aromatic carbocycles. The van der Waals surface area contributed by atoms with Gasteiger partial charge in [0.2, 0.25) is 11.8 Å². The standard InChI is InChI=1S/C27H21N7O4S/c1-2-21(35)33-12-6-7-16(15-33)31-25(36)24-23-22-18(10-11-28-26(22)39-24)34(27(37)32-23)19-13-30-20(14-29-19)38-17-8-4-3-5-9-17/h2-5,7-11,13-14H,1,6,12,15H2,(H,31,36)(H,32,37). The van der Waals surface area contributed by atoms with Crippen LogP contribution in [0.3, 0.4) is 0 Å². The molecule has 2 aliphatic rings. The average molecular weight is 540 g/mol. The number of nitrogens with one attached hydrogen (secondary N) is 2. The highest BCUT2D eigenvalue weighted by Crippen LogP contribution is 2.45. The van der Waals surface area contributed by atoms with Crippen LogP contribution in [-0.2, 0) is 4.79 Å². The lowest BCUT2D eigenvalue weighted by atomic mass is 10.1. The summed E-state index contributed by atoms with van der Waals surface area (Å²) in [7, 11) is 0. The molecule has 0 bridgehead atoms. The van der Waals surface area contributed by atoms with E-state index in [1.54, 1.807) is 29.3 Å². The number of hydrogen-bond acceptors (Lipinski definition) is 8. The van der Waals surface area contributed by atoms with Crippen molar-refractivity contribution in [3.05, 3.63) is 84.3 Å². The van der Waals surface area contributed by atoms with E-state index in [1.807, 2.05) is 24.3 Å². The number of carbonyl (C=O) groups is 3. The molecule has 0 radical (unpaired) electrons. The normalized spacial score (nSPS) is 14.5. The fraction of sp³-hybridized carbons (Fsp3) is 0.111. The number of benzene rings is 1. The maximum absolute atomic E-state index is 13.3. The number of amides is 4. The highest BCUT2D eigenvalue weighted by molar-refractivity contribution is 7.21. The van der Waals surface area contributed by atoms with Gasteiger partial charge in [-0.2, -0.15) is 0 Å². The van der Waals surface area contributed by atoms with Crippen LogP contribution in [0, 0.1) is 0 Å². The lowest BCUT2D eigenvalue weighted by Gasteiger charge is -2.28. The first-order valence-corrected chi connectivity index (χ1v) is 12.8. The molecule has 39 heavy (non-hydrogen) atoms. The van der Waals surface area contributed by atoms with E-state index in [2.05, 4.69) is 32.2 Å². The van der Waals surface area contributed by atoms with Gasteiger partial charge in [0, 0.05) is 18.4 Å². The second kappa shape index (κ2) is 9.99. The largest absolute Gasteiger partial charge is 0.438 e. The van der Waals surface area contributed by atoms with Crippen molar-refractivity contribution in [2.24, 2.45) is 0 Å². The van der Waals surface area contributed by atoms with Crippen molar-refractivity contribution in [3.8, 4) is 11.6 Å². The maximum Gasteiger partial charge on any atom is 0.332 e. The number of ether oxygens (including phenoxy) is 1. The molecule has 0 spiro atoms. The minimum atomic E-state index is -0.492. The van der Waals surface area contributed by atoms with Crippen LogP contribution in [0.2, 0.25) is 0 Å². The quantitative estimate of drug-likeness (QED) is 0.343. The summed E-state index contributed by atoms with van der Waals surface area (Å²) in [5.74, 6) is 0.582. The van der Waals surface area contributed by atoms with Crippen LogP contribution < -0.4 is 20.3 Å². The summed E-state index contributed by atoms with van der Waals surface area (Å²) in [5, 5.41) is 6.34. The molecule has 5 heterocycles. The second-order valence-electron chi connectivity index (χ2n) is 8.65. The molecule has 0 unspecified atom stereocenters. The summed E-state index contributed by atoms with van der Waals surface area (Å²) < 4.78 is 5.70. The predicted octanol–water partition coefficient (Wildman–Crippen LogP) is 4.59. The van der Waals surface area contributed by atoms with E-state index < -0.39 is 11.9 Å². The molecule has 0 aliphatic carbocycles. The summed E-state index contributed by atoms with van der Waals surface area (Å²) in [4.78, 5) is 55.6. The van der Waals surface area contributed by atoms with Crippen LogP contribution in [0.15, 0.2) is 79.4 Å². The summed E-state index contributed by atoms with van der Waals surface area (Å²) >= 11 is 1.17. The van der Waals surface area contributed by atoms with Gasteiger partial charge in [-0.3, -0.25) is 9.59 Å². The molecular formula is C27H21N7O4S. The van der Waals surface area contributed by atoms with E-state index in [0.29, 0.717) is 50.9 Å². The van der Waals surface area contributed by atoms with Gasteiger partial charge in [0.1, 0.15) is 15.5 Å². The number of rotatable bonds is 6. The lowest BCUT2D eigenvalue weighted by Crippen LogP contribution is -2.39. The molecular weight excluding hydrogens is 518 g/mol. The molecule has 4 aromatic rings. The van der Waals surface area contributed by atoms with Gasteiger partial charge in [0.05, 0.1) is 35.7 Å². The number of thiophene rings is 1. The summed E-state index contributed by atoms with van der Waals surface area (Å²) in [6, 6.07) is 10.4. The van der Waals surface area contributed by atoms with Gasteiger partial charge in [-0.25, -0.2) is 24.6 Å². The Morgan fingerprint density at radius 2 is 1.97 bits per heavy atom. The fourth-order valence-electron chi connectivity index (χ4n) is 4.41. The Hall–Kier alpha value is -5.10. The Morgan fingerprint density at radius 3 is 2.74 bits per heavy atom. The van der Waals surface area contributed by atoms with E-state index in [4.69, 9.17) is 4.74 Å². The molecule has 0 fully saturated rings. The molecule has 12 heteroatoms. The summed E-state index contributed by atoms with van der Waals surface area (Å²) in [5.41, 5.74) is 1.51. The number of carbonyl (C=O) groups excluding carboxylic acids is 3. The third-order valence-corrected chi connectivity index (χ3v) is 7.27. The SMILES string of the molecule is C=CC(=O)N1CCC=C(NC(=O)c2sc3nccc4c3c2NC(=O)N4c2cnc(Oc3ccccc3)cn2)C1. The van der Waals surface area contributed by atoms with Gasteiger partial charge in [0.25, 0.3) is 5.91 Å². The summed E-state index contributed by atoms with van der Waals surface area (Å²) in [6.07, 6.45) is 8.21. The molecule has 3 aromatic heterocycles. The second-order valence-corrected chi connectivity index (χ2v) is 9.65. The van der Waals surface area contributed by atoms with Gasteiger partial charge in [0.15, 0.2) is 5.82 Å². The highest BCUT2D eigenvalue weighted by atomic mass is 32.1. The number of urea groups is 1. The minimum Gasteiger partial charge on any atom is -0.438 e. The number of pyridine rings is 1. The molecule has 4 amide bonds. The van der Waals surface area contributed by atoms with E-state index >= 15 is 0 Å². The first-order chi connectivity index (χ1) is 19.0. The van der Waals surface area contributed by atoms with Crippen molar-refractivity contribution in [2.45, 2.75) is 6.42 Å². The third kappa shape index (κ3) is 4.57. The average Bonchev–Trinajstić information content (AvgIpc) is 3.33. The molecule has 0 atom stereocenters.